The largest absolute Gasteiger partial charge is 0.379 e. The molecule has 0 atom stereocenters. The third-order valence-electron chi connectivity index (χ3n) is 4.97. The SMILES string of the molecule is CC(C)C1CCC(CN)(N2CCOCC2)CC1. The first-order valence-corrected chi connectivity index (χ1v) is 7.21. The van der Waals surface area contributed by atoms with Gasteiger partial charge >= 0.3 is 0 Å². The Balaban J connectivity index is 1.96. The van der Waals surface area contributed by atoms with Gasteiger partial charge in [-0.25, -0.2) is 0 Å². The first-order valence-electron chi connectivity index (χ1n) is 7.21. The molecule has 1 aliphatic heterocycles. The van der Waals surface area contributed by atoms with Gasteiger partial charge in [0.2, 0.25) is 0 Å². The van der Waals surface area contributed by atoms with Gasteiger partial charge in [-0.05, 0) is 37.5 Å². The molecule has 0 radical (unpaired) electrons. The van der Waals surface area contributed by atoms with Crippen molar-refractivity contribution in [2.45, 2.75) is 45.1 Å². The van der Waals surface area contributed by atoms with E-state index < -0.39 is 0 Å². The van der Waals surface area contributed by atoms with Crippen molar-refractivity contribution >= 4 is 0 Å². The van der Waals surface area contributed by atoms with Crippen LogP contribution in [0.15, 0.2) is 0 Å². The highest BCUT2D eigenvalue weighted by Gasteiger charge is 2.40. The second-order valence-electron chi connectivity index (χ2n) is 6.11. The van der Waals surface area contributed by atoms with E-state index in [0.717, 1.165) is 44.7 Å². The number of nitrogens with two attached hydrogens (primary N) is 1. The third-order valence-corrected chi connectivity index (χ3v) is 4.97. The Bertz CT molecular complexity index is 228. The summed E-state index contributed by atoms with van der Waals surface area (Å²) in [6.45, 7) is 9.44. The molecule has 0 amide bonds. The summed E-state index contributed by atoms with van der Waals surface area (Å²) in [6.07, 6.45) is 5.27. The molecule has 1 saturated heterocycles. The van der Waals surface area contributed by atoms with Gasteiger partial charge < -0.3 is 10.5 Å². The summed E-state index contributed by atoms with van der Waals surface area (Å²) in [5, 5.41) is 0. The average molecular weight is 240 g/mol. The Morgan fingerprint density at radius 1 is 1.24 bits per heavy atom. The molecule has 0 spiro atoms. The maximum absolute atomic E-state index is 6.11. The Kier molecular flexibility index (Phi) is 4.45. The molecule has 0 unspecified atom stereocenters. The molecule has 0 aromatic heterocycles. The van der Waals surface area contributed by atoms with E-state index in [9.17, 15) is 0 Å². The maximum Gasteiger partial charge on any atom is 0.0594 e. The van der Waals surface area contributed by atoms with Crippen molar-refractivity contribution in [1.82, 2.24) is 4.90 Å². The minimum atomic E-state index is 0.287. The van der Waals surface area contributed by atoms with Crippen LogP contribution >= 0.6 is 0 Å². The number of rotatable bonds is 3. The lowest BCUT2D eigenvalue weighted by Crippen LogP contribution is -2.59. The minimum absolute atomic E-state index is 0.287. The van der Waals surface area contributed by atoms with Gasteiger partial charge in [-0.15, -0.1) is 0 Å². The third kappa shape index (κ3) is 2.83. The molecule has 2 rings (SSSR count). The van der Waals surface area contributed by atoms with E-state index in [0.29, 0.717) is 0 Å². The van der Waals surface area contributed by atoms with E-state index in [-0.39, 0.29) is 5.54 Å². The van der Waals surface area contributed by atoms with Crippen LogP contribution in [0, 0.1) is 11.8 Å². The van der Waals surface area contributed by atoms with Crippen molar-refractivity contribution in [3.8, 4) is 0 Å². The Morgan fingerprint density at radius 2 is 1.82 bits per heavy atom. The number of nitrogens with zero attached hydrogens (tertiary/aromatic N) is 1. The first-order chi connectivity index (χ1) is 8.18. The smallest absolute Gasteiger partial charge is 0.0594 e. The summed E-state index contributed by atoms with van der Waals surface area (Å²) in [6, 6.07) is 0. The van der Waals surface area contributed by atoms with Crippen LogP contribution in [0.1, 0.15) is 39.5 Å². The number of hydrogen-bond donors (Lipinski definition) is 1. The molecular weight excluding hydrogens is 212 g/mol. The molecule has 0 aromatic carbocycles. The van der Waals surface area contributed by atoms with E-state index in [1.54, 1.807) is 0 Å². The highest BCUT2D eigenvalue weighted by atomic mass is 16.5. The van der Waals surface area contributed by atoms with Crippen molar-refractivity contribution in [3.63, 3.8) is 0 Å². The average Bonchev–Trinajstić information content (AvgIpc) is 2.40. The van der Waals surface area contributed by atoms with Gasteiger partial charge in [-0.3, -0.25) is 4.90 Å². The number of hydrogen-bond acceptors (Lipinski definition) is 3. The second kappa shape index (κ2) is 5.68. The van der Waals surface area contributed by atoms with E-state index in [1.807, 2.05) is 0 Å². The summed E-state index contributed by atoms with van der Waals surface area (Å²) in [7, 11) is 0. The summed E-state index contributed by atoms with van der Waals surface area (Å²) in [5.41, 5.74) is 6.40. The molecule has 2 N–H and O–H groups in total. The Morgan fingerprint density at radius 3 is 2.29 bits per heavy atom. The van der Waals surface area contributed by atoms with Crippen LogP contribution < -0.4 is 5.73 Å². The van der Waals surface area contributed by atoms with Gasteiger partial charge in [0.05, 0.1) is 13.2 Å². The normalized spacial score (nSPS) is 36.4. The summed E-state index contributed by atoms with van der Waals surface area (Å²) in [4.78, 5) is 2.60. The molecule has 17 heavy (non-hydrogen) atoms. The topological polar surface area (TPSA) is 38.5 Å². The Hall–Kier alpha value is -0.120. The quantitative estimate of drug-likeness (QED) is 0.818. The molecule has 3 nitrogen and oxygen atoms in total. The van der Waals surface area contributed by atoms with Crippen LogP contribution in [0.2, 0.25) is 0 Å². The molecular formula is C14H28N2O. The standard InChI is InChI=1S/C14H28N2O/c1-12(2)13-3-5-14(11-15,6-4-13)16-7-9-17-10-8-16/h12-13H,3-11,15H2,1-2H3. The fraction of sp³-hybridized carbons (Fsp3) is 1.00. The summed E-state index contributed by atoms with van der Waals surface area (Å²) in [5.74, 6) is 1.74. The molecule has 1 saturated carbocycles. The molecule has 1 heterocycles. The highest BCUT2D eigenvalue weighted by molar-refractivity contribution is 4.96. The molecule has 3 heteroatoms. The van der Waals surface area contributed by atoms with Gasteiger partial charge in [0.25, 0.3) is 0 Å². The van der Waals surface area contributed by atoms with Crippen molar-refractivity contribution in [1.29, 1.82) is 0 Å². The van der Waals surface area contributed by atoms with Gasteiger partial charge in [0.15, 0.2) is 0 Å². The van der Waals surface area contributed by atoms with E-state index in [1.165, 1.54) is 25.7 Å². The predicted molar refractivity (Wildman–Crippen MR) is 71.0 cm³/mol. The molecule has 0 bridgehead atoms. The van der Waals surface area contributed by atoms with E-state index in [2.05, 4.69) is 18.7 Å². The van der Waals surface area contributed by atoms with Crippen LogP contribution in [-0.4, -0.2) is 43.3 Å². The molecule has 2 aliphatic rings. The summed E-state index contributed by atoms with van der Waals surface area (Å²) < 4.78 is 5.46. The molecule has 2 fully saturated rings. The zero-order valence-corrected chi connectivity index (χ0v) is 11.5. The lowest BCUT2D eigenvalue weighted by atomic mass is 9.72. The fourth-order valence-corrected chi connectivity index (χ4v) is 3.53. The molecule has 1 aliphatic carbocycles. The van der Waals surface area contributed by atoms with Crippen LogP contribution in [0.4, 0.5) is 0 Å². The first kappa shape index (κ1) is 13.3. The van der Waals surface area contributed by atoms with E-state index >= 15 is 0 Å². The molecule has 100 valence electrons. The highest BCUT2D eigenvalue weighted by Crippen LogP contribution is 2.39. The van der Waals surface area contributed by atoms with Gasteiger partial charge in [0, 0.05) is 25.2 Å². The molecule has 0 aromatic rings. The van der Waals surface area contributed by atoms with Gasteiger partial charge in [-0.2, -0.15) is 0 Å². The minimum Gasteiger partial charge on any atom is -0.379 e. The zero-order valence-electron chi connectivity index (χ0n) is 11.5. The monoisotopic (exact) mass is 240 g/mol. The number of ether oxygens (including phenoxy) is 1. The van der Waals surface area contributed by atoms with Gasteiger partial charge in [0.1, 0.15) is 0 Å². The second-order valence-corrected chi connectivity index (χ2v) is 6.11. The lowest BCUT2D eigenvalue weighted by molar-refractivity contribution is -0.0412. The lowest BCUT2D eigenvalue weighted by Gasteiger charge is -2.49. The van der Waals surface area contributed by atoms with Crippen LogP contribution in [-0.2, 0) is 4.74 Å². The van der Waals surface area contributed by atoms with Crippen molar-refractivity contribution in [3.05, 3.63) is 0 Å². The summed E-state index contributed by atoms with van der Waals surface area (Å²) >= 11 is 0. The maximum atomic E-state index is 6.11. The van der Waals surface area contributed by atoms with Gasteiger partial charge in [-0.1, -0.05) is 13.8 Å². The van der Waals surface area contributed by atoms with Crippen molar-refractivity contribution in [2.24, 2.45) is 17.6 Å². The van der Waals surface area contributed by atoms with Crippen molar-refractivity contribution in [2.75, 3.05) is 32.8 Å². The predicted octanol–water partition coefficient (Wildman–Crippen LogP) is 1.86. The fourth-order valence-electron chi connectivity index (χ4n) is 3.53. The van der Waals surface area contributed by atoms with E-state index in [4.69, 9.17) is 10.5 Å². The van der Waals surface area contributed by atoms with Crippen LogP contribution in [0.3, 0.4) is 0 Å². The van der Waals surface area contributed by atoms with Crippen molar-refractivity contribution < 1.29 is 4.74 Å². The Labute approximate surface area is 106 Å². The van der Waals surface area contributed by atoms with Crippen LogP contribution in [0.25, 0.3) is 0 Å². The van der Waals surface area contributed by atoms with Crippen LogP contribution in [0.5, 0.6) is 0 Å². The number of morpholine rings is 1. The zero-order chi connectivity index (χ0) is 12.3.